The molecule has 3 rings (SSSR count). The first kappa shape index (κ1) is 19.6. The molecule has 1 heterocycles. The van der Waals surface area contributed by atoms with Crippen LogP contribution in [0.15, 0.2) is 39.8 Å². The van der Waals surface area contributed by atoms with E-state index in [2.05, 4.69) is 10.5 Å². The van der Waals surface area contributed by atoms with Crippen molar-refractivity contribution in [1.82, 2.24) is 9.46 Å². The van der Waals surface area contributed by atoms with Crippen LogP contribution >= 0.6 is 0 Å². The summed E-state index contributed by atoms with van der Waals surface area (Å²) in [5.74, 6) is -0.126. The lowest BCUT2D eigenvalue weighted by molar-refractivity contribution is 0.102. The van der Waals surface area contributed by atoms with Gasteiger partial charge in [-0.25, -0.2) is 8.42 Å². The first-order chi connectivity index (χ1) is 12.9. The highest BCUT2D eigenvalue weighted by Crippen LogP contribution is 2.27. The Kier molecular flexibility index (Phi) is 5.96. The van der Waals surface area contributed by atoms with E-state index >= 15 is 0 Å². The summed E-state index contributed by atoms with van der Waals surface area (Å²) in [4.78, 5) is 12.5. The van der Waals surface area contributed by atoms with Gasteiger partial charge in [-0.3, -0.25) is 10.1 Å². The number of hydrogen-bond acceptors (Lipinski definition) is 5. The molecule has 1 amide bonds. The lowest BCUT2D eigenvalue weighted by Crippen LogP contribution is -2.41. The van der Waals surface area contributed by atoms with Gasteiger partial charge in [0.2, 0.25) is 15.9 Å². The number of sulfonamides is 1. The molecule has 0 spiro atoms. The van der Waals surface area contributed by atoms with Crippen molar-refractivity contribution in [2.45, 2.75) is 56.9 Å². The first-order valence-corrected chi connectivity index (χ1v) is 10.7. The third kappa shape index (κ3) is 4.39. The molecule has 7 nitrogen and oxygen atoms in total. The minimum atomic E-state index is -3.58. The predicted octanol–water partition coefficient (Wildman–Crippen LogP) is 3.58. The second kappa shape index (κ2) is 8.22. The highest BCUT2D eigenvalue weighted by molar-refractivity contribution is 7.89. The topological polar surface area (TPSA) is 92.5 Å². The number of aromatic nitrogens is 1. The maximum Gasteiger partial charge on any atom is 0.258 e. The van der Waals surface area contributed by atoms with E-state index in [1.54, 1.807) is 17.3 Å². The number of carbonyl (C=O) groups is 1. The zero-order valence-corrected chi connectivity index (χ0v) is 16.5. The molecule has 1 aliphatic carbocycles. The third-order valence-electron chi connectivity index (χ3n) is 4.88. The quantitative estimate of drug-likeness (QED) is 0.812. The second-order valence-corrected chi connectivity index (χ2v) is 8.70. The van der Waals surface area contributed by atoms with Crippen LogP contribution in [0.5, 0.6) is 0 Å². The van der Waals surface area contributed by atoms with Crippen molar-refractivity contribution in [3.05, 3.63) is 41.6 Å². The Labute approximate surface area is 159 Å². The summed E-state index contributed by atoms with van der Waals surface area (Å²) >= 11 is 0. The molecular weight excluding hydrogens is 366 g/mol. The van der Waals surface area contributed by atoms with E-state index in [0.29, 0.717) is 17.8 Å². The minimum absolute atomic E-state index is 0.0615. The van der Waals surface area contributed by atoms with Crippen LogP contribution in [0.4, 0.5) is 5.88 Å². The molecule has 8 heteroatoms. The molecule has 2 aromatic rings. The summed E-state index contributed by atoms with van der Waals surface area (Å²) in [5, 5.41) is 6.30. The molecule has 146 valence electrons. The van der Waals surface area contributed by atoms with E-state index in [0.717, 1.165) is 25.7 Å². The SMILES string of the molecule is CCN(C1CCCCC1)S(=O)(=O)c1ccc(C(=O)Nc2cc(C)no2)cc1. The van der Waals surface area contributed by atoms with Gasteiger partial charge >= 0.3 is 0 Å². The van der Waals surface area contributed by atoms with E-state index < -0.39 is 10.0 Å². The number of rotatable bonds is 6. The molecule has 1 aromatic carbocycles. The average Bonchev–Trinajstić information content (AvgIpc) is 3.08. The Balaban J connectivity index is 1.75. The lowest BCUT2D eigenvalue weighted by atomic mass is 9.95. The largest absolute Gasteiger partial charge is 0.338 e. The molecule has 1 N–H and O–H groups in total. The maximum absolute atomic E-state index is 13.0. The predicted molar refractivity (Wildman–Crippen MR) is 102 cm³/mol. The highest BCUT2D eigenvalue weighted by atomic mass is 32.2. The first-order valence-electron chi connectivity index (χ1n) is 9.28. The van der Waals surface area contributed by atoms with Crippen LogP contribution < -0.4 is 5.32 Å². The van der Waals surface area contributed by atoms with Crippen LogP contribution in [0.1, 0.15) is 55.1 Å². The molecule has 0 atom stereocenters. The average molecular weight is 391 g/mol. The molecule has 0 saturated heterocycles. The van der Waals surface area contributed by atoms with Gasteiger partial charge in [-0.15, -0.1) is 0 Å². The lowest BCUT2D eigenvalue weighted by Gasteiger charge is -2.32. The van der Waals surface area contributed by atoms with Gasteiger partial charge in [0.25, 0.3) is 5.91 Å². The zero-order valence-electron chi connectivity index (χ0n) is 15.6. The number of nitrogens with zero attached hydrogens (tertiary/aromatic N) is 2. The van der Waals surface area contributed by atoms with Crippen LogP contribution in [0.2, 0.25) is 0 Å². The Bertz CT molecular complexity index is 884. The van der Waals surface area contributed by atoms with Crippen molar-refractivity contribution in [2.75, 3.05) is 11.9 Å². The summed E-state index contributed by atoms with van der Waals surface area (Å²) in [6.45, 7) is 4.07. The Hall–Kier alpha value is -2.19. The van der Waals surface area contributed by atoms with Gasteiger partial charge in [-0.2, -0.15) is 4.31 Å². The molecule has 27 heavy (non-hydrogen) atoms. The Morgan fingerprint density at radius 1 is 1.22 bits per heavy atom. The van der Waals surface area contributed by atoms with Gasteiger partial charge in [0, 0.05) is 24.2 Å². The van der Waals surface area contributed by atoms with E-state index in [1.165, 1.54) is 30.7 Å². The van der Waals surface area contributed by atoms with E-state index in [9.17, 15) is 13.2 Å². The van der Waals surface area contributed by atoms with Crippen LogP contribution in [0, 0.1) is 6.92 Å². The maximum atomic E-state index is 13.0. The fourth-order valence-corrected chi connectivity index (χ4v) is 5.21. The number of carbonyl (C=O) groups excluding carboxylic acids is 1. The fourth-order valence-electron chi connectivity index (χ4n) is 3.51. The molecule has 1 aromatic heterocycles. The molecule has 0 unspecified atom stereocenters. The van der Waals surface area contributed by atoms with Gasteiger partial charge in [-0.05, 0) is 44.0 Å². The van der Waals surface area contributed by atoms with Crippen molar-refractivity contribution in [3.8, 4) is 0 Å². The van der Waals surface area contributed by atoms with Crippen LogP contribution in [0.25, 0.3) is 0 Å². The molecule has 0 radical (unpaired) electrons. The molecule has 1 fully saturated rings. The molecule has 0 aliphatic heterocycles. The summed E-state index contributed by atoms with van der Waals surface area (Å²) < 4.78 is 32.6. The molecule has 1 aliphatic rings. The van der Waals surface area contributed by atoms with Gasteiger partial charge < -0.3 is 4.52 Å². The number of hydrogen-bond donors (Lipinski definition) is 1. The van der Waals surface area contributed by atoms with Crippen molar-refractivity contribution in [1.29, 1.82) is 0 Å². The minimum Gasteiger partial charge on any atom is -0.338 e. The van der Waals surface area contributed by atoms with Gasteiger partial charge in [0.05, 0.1) is 10.6 Å². The Morgan fingerprint density at radius 2 is 1.89 bits per heavy atom. The van der Waals surface area contributed by atoms with Crippen LogP contribution in [0.3, 0.4) is 0 Å². The Morgan fingerprint density at radius 3 is 2.44 bits per heavy atom. The highest BCUT2D eigenvalue weighted by Gasteiger charge is 2.31. The summed E-state index contributed by atoms with van der Waals surface area (Å²) in [6, 6.07) is 7.68. The van der Waals surface area contributed by atoms with Crippen LogP contribution in [-0.4, -0.2) is 36.4 Å². The monoisotopic (exact) mass is 391 g/mol. The number of nitrogens with one attached hydrogen (secondary N) is 1. The standard InChI is InChI=1S/C19H25N3O4S/c1-3-22(16-7-5-4-6-8-16)27(24,25)17-11-9-15(10-12-17)19(23)20-18-13-14(2)21-26-18/h9-13,16H,3-8H2,1-2H3,(H,20,23). The smallest absolute Gasteiger partial charge is 0.258 e. The molecule has 1 saturated carbocycles. The molecule has 0 bridgehead atoms. The van der Waals surface area contributed by atoms with Crippen LogP contribution in [-0.2, 0) is 10.0 Å². The number of anilines is 1. The van der Waals surface area contributed by atoms with Crippen molar-refractivity contribution in [2.24, 2.45) is 0 Å². The number of benzene rings is 1. The van der Waals surface area contributed by atoms with Gasteiger partial charge in [-0.1, -0.05) is 31.3 Å². The number of aryl methyl sites for hydroxylation is 1. The second-order valence-electron chi connectivity index (χ2n) is 6.81. The van der Waals surface area contributed by atoms with E-state index in [-0.39, 0.29) is 22.7 Å². The molecular formula is C19H25N3O4S. The fraction of sp³-hybridized carbons (Fsp3) is 0.474. The summed E-state index contributed by atoms with van der Waals surface area (Å²) in [7, 11) is -3.58. The third-order valence-corrected chi connectivity index (χ3v) is 6.92. The van der Waals surface area contributed by atoms with Crippen molar-refractivity contribution >= 4 is 21.8 Å². The van der Waals surface area contributed by atoms with Gasteiger partial charge in [0.15, 0.2) is 0 Å². The summed E-state index contributed by atoms with van der Waals surface area (Å²) in [5.41, 5.74) is 1.01. The normalized spacial score (nSPS) is 15.8. The van der Waals surface area contributed by atoms with Crippen molar-refractivity contribution < 1.29 is 17.7 Å². The van der Waals surface area contributed by atoms with Crippen molar-refractivity contribution in [3.63, 3.8) is 0 Å². The number of amides is 1. The summed E-state index contributed by atoms with van der Waals surface area (Å²) in [6.07, 6.45) is 5.12. The van der Waals surface area contributed by atoms with E-state index in [4.69, 9.17) is 4.52 Å². The zero-order chi connectivity index (χ0) is 19.4. The van der Waals surface area contributed by atoms with E-state index in [1.807, 2.05) is 6.92 Å². The van der Waals surface area contributed by atoms with Gasteiger partial charge in [0.1, 0.15) is 0 Å².